The zero-order chi connectivity index (χ0) is 19.7. The number of nitrogens with zero attached hydrogens (tertiary/aromatic N) is 2. The van der Waals surface area contributed by atoms with Crippen LogP contribution in [-0.4, -0.2) is 71.2 Å². The lowest BCUT2D eigenvalue weighted by Gasteiger charge is -2.32. The van der Waals surface area contributed by atoms with Gasteiger partial charge in [0.15, 0.2) is 5.96 Å². The number of piperidine rings is 1. The molecule has 0 saturated carbocycles. The molecular weight excluding hydrogens is 390 g/mol. The van der Waals surface area contributed by atoms with Gasteiger partial charge in [0.25, 0.3) is 0 Å². The van der Waals surface area contributed by atoms with Gasteiger partial charge in [0.05, 0.1) is 13.7 Å². The molecule has 1 aromatic rings. The maximum absolute atomic E-state index is 12.1. The Bertz CT molecular complexity index is 713. The highest BCUT2D eigenvalue weighted by atomic mass is 32.2. The van der Waals surface area contributed by atoms with Crippen molar-refractivity contribution >= 4 is 33.4 Å². The topological polar surface area (TPSA) is 112 Å². The van der Waals surface area contributed by atoms with Crippen LogP contribution in [0.4, 0.5) is 4.79 Å². The van der Waals surface area contributed by atoms with Crippen LogP contribution in [0.3, 0.4) is 0 Å². The SMILES string of the molecule is CCNC(=NCCNS(=O)(=O)c1cccs1)NC1CCN(C(=O)OC)CC1. The molecule has 0 unspecified atom stereocenters. The van der Waals surface area contributed by atoms with Gasteiger partial charge in [-0.1, -0.05) is 6.07 Å². The van der Waals surface area contributed by atoms with E-state index in [-0.39, 0.29) is 18.7 Å². The monoisotopic (exact) mass is 417 g/mol. The molecule has 3 N–H and O–H groups in total. The molecule has 11 heteroatoms. The summed E-state index contributed by atoms with van der Waals surface area (Å²) in [5.41, 5.74) is 0. The van der Waals surface area contributed by atoms with Crippen molar-refractivity contribution in [3.63, 3.8) is 0 Å². The number of carbonyl (C=O) groups is 1. The smallest absolute Gasteiger partial charge is 0.409 e. The number of amides is 1. The summed E-state index contributed by atoms with van der Waals surface area (Å²) in [4.78, 5) is 17.6. The van der Waals surface area contributed by atoms with Crippen LogP contribution in [0.15, 0.2) is 26.7 Å². The second-order valence-corrected chi connectivity index (χ2v) is 8.91. The van der Waals surface area contributed by atoms with Crippen LogP contribution >= 0.6 is 11.3 Å². The van der Waals surface area contributed by atoms with Crippen molar-refractivity contribution < 1.29 is 17.9 Å². The number of methoxy groups -OCH3 is 1. The number of nitrogens with one attached hydrogen (secondary N) is 3. The van der Waals surface area contributed by atoms with Crippen molar-refractivity contribution in [2.75, 3.05) is 39.8 Å². The van der Waals surface area contributed by atoms with Gasteiger partial charge in [-0.15, -0.1) is 11.3 Å². The number of carbonyl (C=O) groups excluding carboxylic acids is 1. The average molecular weight is 418 g/mol. The molecule has 27 heavy (non-hydrogen) atoms. The summed E-state index contributed by atoms with van der Waals surface area (Å²) < 4.78 is 31.7. The lowest BCUT2D eigenvalue weighted by atomic mass is 10.1. The lowest BCUT2D eigenvalue weighted by Crippen LogP contribution is -2.50. The first kappa shape index (κ1) is 21.5. The Hall–Kier alpha value is -1.85. The highest BCUT2D eigenvalue weighted by Gasteiger charge is 2.23. The van der Waals surface area contributed by atoms with Crippen LogP contribution < -0.4 is 15.4 Å². The van der Waals surface area contributed by atoms with Crippen molar-refractivity contribution in [3.8, 4) is 0 Å². The zero-order valence-corrected chi connectivity index (χ0v) is 17.2. The number of aliphatic imine (C=N–C) groups is 1. The minimum atomic E-state index is -3.46. The van der Waals surface area contributed by atoms with Crippen molar-refractivity contribution in [1.29, 1.82) is 0 Å². The molecule has 0 bridgehead atoms. The van der Waals surface area contributed by atoms with E-state index < -0.39 is 10.0 Å². The van der Waals surface area contributed by atoms with Crippen LogP contribution in [0.2, 0.25) is 0 Å². The Morgan fingerprint density at radius 1 is 1.41 bits per heavy atom. The maximum Gasteiger partial charge on any atom is 0.409 e. The van der Waals surface area contributed by atoms with Gasteiger partial charge >= 0.3 is 6.09 Å². The fourth-order valence-corrected chi connectivity index (χ4v) is 4.74. The van der Waals surface area contributed by atoms with E-state index in [2.05, 4.69) is 20.3 Å². The van der Waals surface area contributed by atoms with Crippen LogP contribution in [0, 0.1) is 0 Å². The van der Waals surface area contributed by atoms with E-state index in [1.807, 2.05) is 6.92 Å². The number of sulfonamides is 1. The van der Waals surface area contributed by atoms with Gasteiger partial charge in [0.1, 0.15) is 4.21 Å². The third kappa shape index (κ3) is 6.67. The summed E-state index contributed by atoms with van der Waals surface area (Å²) in [7, 11) is -2.08. The molecular formula is C16H27N5O4S2. The molecule has 1 aliphatic rings. The molecule has 1 fully saturated rings. The van der Waals surface area contributed by atoms with Crippen molar-refractivity contribution in [3.05, 3.63) is 17.5 Å². The Kier molecular flexibility index (Phi) is 8.32. The maximum atomic E-state index is 12.1. The van der Waals surface area contributed by atoms with E-state index in [0.717, 1.165) is 12.8 Å². The Morgan fingerprint density at radius 3 is 2.74 bits per heavy atom. The summed E-state index contributed by atoms with van der Waals surface area (Å²) in [6, 6.07) is 3.48. The third-order valence-electron chi connectivity index (χ3n) is 4.05. The van der Waals surface area contributed by atoms with Gasteiger partial charge in [-0.2, -0.15) is 0 Å². The van der Waals surface area contributed by atoms with E-state index >= 15 is 0 Å². The molecule has 1 aliphatic heterocycles. The van der Waals surface area contributed by atoms with Gasteiger partial charge < -0.3 is 20.3 Å². The summed E-state index contributed by atoms with van der Waals surface area (Å²) in [5, 5.41) is 8.23. The molecule has 9 nitrogen and oxygen atoms in total. The molecule has 152 valence electrons. The number of hydrogen-bond acceptors (Lipinski definition) is 6. The molecule has 0 spiro atoms. The second kappa shape index (κ2) is 10.5. The number of ether oxygens (including phenoxy) is 1. The molecule has 1 amide bonds. The number of rotatable bonds is 7. The fourth-order valence-electron chi connectivity index (χ4n) is 2.68. The van der Waals surface area contributed by atoms with Crippen molar-refractivity contribution in [1.82, 2.24) is 20.3 Å². The second-order valence-electron chi connectivity index (χ2n) is 5.97. The largest absolute Gasteiger partial charge is 0.453 e. The molecule has 0 atom stereocenters. The molecule has 1 aromatic heterocycles. The predicted octanol–water partition coefficient (Wildman–Crippen LogP) is 0.812. The van der Waals surface area contributed by atoms with E-state index in [4.69, 9.17) is 4.74 Å². The molecule has 2 rings (SSSR count). The fraction of sp³-hybridized carbons (Fsp3) is 0.625. The standard InChI is InChI=1S/C16H27N5O4S2/c1-3-17-15(20-13-6-10-21(11-7-13)16(22)25-2)18-8-9-19-27(23,24)14-5-4-12-26-14/h4-5,12-13,19H,3,6-11H2,1-2H3,(H2,17,18,20). The number of thiophene rings is 1. The quantitative estimate of drug-likeness (QED) is 0.344. The van der Waals surface area contributed by atoms with E-state index in [9.17, 15) is 13.2 Å². The highest BCUT2D eigenvalue weighted by molar-refractivity contribution is 7.91. The highest BCUT2D eigenvalue weighted by Crippen LogP contribution is 2.15. The van der Waals surface area contributed by atoms with E-state index in [1.54, 1.807) is 22.4 Å². The summed E-state index contributed by atoms with van der Waals surface area (Å²) >= 11 is 1.18. The minimum Gasteiger partial charge on any atom is -0.453 e. The number of guanidine groups is 1. The summed E-state index contributed by atoms with van der Waals surface area (Å²) in [6.45, 7) is 4.47. The van der Waals surface area contributed by atoms with Gasteiger partial charge in [0, 0.05) is 32.2 Å². The van der Waals surface area contributed by atoms with E-state index in [1.165, 1.54) is 18.4 Å². The third-order valence-corrected chi connectivity index (χ3v) is 6.91. The normalized spacial score (nSPS) is 16.2. The van der Waals surface area contributed by atoms with Crippen LogP contribution in [0.5, 0.6) is 0 Å². The van der Waals surface area contributed by atoms with Crippen LogP contribution in [-0.2, 0) is 14.8 Å². The van der Waals surface area contributed by atoms with Gasteiger partial charge in [-0.3, -0.25) is 4.99 Å². The minimum absolute atomic E-state index is 0.200. The predicted molar refractivity (Wildman–Crippen MR) is 106 cm³/mol. The van der Waals surface area contributed by atoms with Gasteiger partial charge in [-0.25, -0.2) is 17.9 Å². The Labute approximate surface area is 164 Å². The zero-order valence-electron chi connectivity index (χ0n) is 15.6. The van der Waals surface area contributed by atoms with Crippen molar-refractivity contribution in [2.45, 2.75) is 30.0 Å². The van der Waals surface area contributed by atoms with Gasteiger partial charge in [0.2, 0.25) is 10.0 Å². The summed E-state index contributed by atoms with van der Waals surface area (Å²) in [6.07, 6.45) is 1.29. The first-order chi connectivity index (χ1) is 13.0. The summed E-state index contributed by atoms with van der Waals surface area (Å²) in [5.74, 6) is 0.643. The molecule has 0 aromatic carbocycles. The lowest BCUT2D eigenvalue weighted by molar-refractivity contribution is 0.111. The Balaban J connectivity index is 1.80. The molecule has 0 radical (unpaired) electrons. The first-order valence-electron chi connectivity index (χ1n) is 8.87. The van der Waals surface area contributed by atoms with Crippen LogP contribution in [0.1, 0.15) is 19.8 Å². The Morgan fingerprint density at radius 2 is 2.15 bits per heavy atom. The van der Waals surface area contributed by atoms with Gasteiger partial charge in [-0.05, 0) is 31.2 Å². The van der Waals surface area contributed by atoms with E-state index in [0.29, 0.717) is 36.3 Å². The molecule has 0 aliphatic carbocycles. The first-order valence-corrected chi connectivity index (χ1v) is 11.2. The van der Waals surface area contributed by atoms with Crippen LogP contribution in [0.25, 0.3) is 0 Å². The van der Waals surface area contributed by atoms with Crippen molar-refractivity contribution in [2.24, 2.45) is 4.99 Å². The number of likely N-dealkylation sites (tertiary alicyclic amines) is 1. The average Bonchev–Trinajstić information content (AvgIpc) is 3.21. The molecule has 2 heterocycles. The number of hydrogen-bond donors (Lipinski definition) is 3. The molecule has 1 saturated heterocycles.